The molecule has 0 saturated carbocycles. The number of rotatable bonds is 1. The van der Waals surface area contributed by atoms with Crippen molar-refractivity contribution in [3.8, 4) is 0 Å². The zero-order valence-corrected chi connectivity index (χ0v) is 7.75. The fourth-order valence-electron chi connectivity index (χ4n) is 1.32. The molecule has 0 fully saturated rings. The Balaban J connectivity index is 2.81. The second kappa shape index (κ2) is 3.16. The van der Waals surface area contributed by atoms with Gasteiger partial charge in [0.15, 0.2) is 0 Å². The molecular formula is C9H6F3NS. The zero-order chi connectivity index (χ0) is 10.3. The van der Waals surface area contributed by atoms with E-state index < -0.39 is 12.2 Å². The van der Waals surface area contributed by atoms with Crippen LogP contribution in [0, 0.1) is 5.82 Å². The summed E-state index contributed by atoms with van der Waals surface area (Å²) < 4.78 is 38.3. The fraction of sp³-hybridized carbons (Fsp3) is 0.111. The van der Waals surface area contributed by atoms with E-state index in [9.17, 15) is 13.2 Å². The molecule has 0 aliphatic rings. The van der Waals surface area contributed by atoms with E-state index in [0.29, 0.717) is 5.00 Å². The third kappa shape index (κ3) is 1.33. The topological polar surface area (TPSA) is 26.0 Å². The van der Waals surface area contributed by atoms with Gasteiger partial charge in [-0.15, -0.1) is 11.3 Å². The van der Waals surface area contributed by atoms with E-state index in [2.05, 4.69) is 0 Å². The number of halogens is 3. The summed E-state index contributed by atoms with van der Waals surface area (Å²) in [5, 5.41) is 0.550. The van der Waals surface area contributed by atoms with E-state index in [-0.39, 0.29) is 15.6 Å². The first kappa shape index (κ1) is 9.33. The Bertz CT molecular complexity index is 478. The summed E-state index contributed by atoms with van der Waals surface area (Å²) in [6.07, 6.45) is -2.60. The maximum Gasteiger partial charge on any atom is 0.264 e. The number of hydrogen-bond acceptors (Lipinski definition) is 2. The highest BCUT2D eigenvalue weighted by atomic mass is 32.1. The summed E-state index contributed by atoms with van der Waals surface area (Å²) in [7, 11) is 0. The standard InChI is InChI=1S/C9H6F3NS/c10-6-2-1-4(9(11)12)5-3-7(13)14-8(5)6/h1-3,9H,13H2. The van der Waals surface area contributed by atoms with Crippen LogP contribution in [0.25, 0.3) is 10.1 Å². The van der Waals surface area contributed by atoms with Gasteiger partial charge in [0, 0.05) is 10.9 Å². The summed E-state index contributed by atoms with van der Waals surface area (Å²) in [4.78, 5) is 0. The highest BCUT2D eigenvalue weighted by Gasteiger charge is 2.15. The molecule has 2 N–H and O–H groups in total. The van der Waals surface area contributed by atoms with Crippen LogP contribution in [0.1, 0.15) is 12.0 Å². The van der Waals surface area contributed by atoms with Gasteiger partial charge in [-0.3, -0.25) is 0 Å². The summed E-state index contributed by atoms with van der Waals surface area (Å²) >= 11 is 0.980. The molecule has 1 heterocycles. The predicted molar refractivity (Wildman–Crippen MR) is 51.2 cm³/mol. The predicted octanol–water partition coefficient (Wildman–Crippen LogP) is 3.56. The fourth-order valence-corrected chi connectivity index (χ4v) is 2.19. The maximum absolute atomic E-state index is 13.2. The van der Waals surface area contributed by atoms with Crippen molar-refractivity contribution in [2.75, 3.05) is 5.73 Å². The lowest BCUT2D eigenvalue weighted by Crippen LogP contribution is -1.86. The minimum atomic E-state index is -2.60. The van der Waals surface area contributed by atoms with E-state index >= 15 is 0 Å². The lowest BCUT2D eigenvalue weighted by Gasteiger charge is -2.01. The summed E-state index contributed by atoms with van der Waals surface area (Å²) in [5.41, 5.74) is 5.26. The van der Waals surface area contributed by atoms with Gasteiger partial charge in [-0.05, 0) is 18.2 Å². The Hall–Kier alpha value is -1.23. The van der Waals surface area contributed by atoms with Gasteiger partial charge in [0.05, 0.1) is 9.70 Å². The van der Waals surface area contributed by atoms with Crippen molar-refractivity contribution in [1.82, 2.24) is 0 Å². The molecule has 0 unspecified atom stereocenters. The second-order valence-electron chi connectivity index (χ2n) is 2.83. The molecule has 0 aliphatic carbocycles. The monoisotopic (exact) mass is 217 g/mol. The molecule has 1 aromatic heterocycles. The summed E-state index contributed by atoms with van der Waals surface area (Å²) in [6.45, 7) is 0. The zero-order valence-electron chi connectivity index (χ0n) is 6.93. The first-order chi connectivity index (χ1) is 6.59. The van der Waals surface area contributed by atoms with E-state index in [4.69, 9.17) is 5.73 Å². The van der Waals surface area contributed by atoms with Gasteiger partial charge in [0.1, 0.15) is 5.82 Å². The van der Waals surface area contributed by atoms with Crippen LogP contribution in [0.3, 0.4) is 0 Å². The number of nitrogens with two attached hydrogens (primary N) is 1. The van der Waals surface area contributed by atoms with Crippen LogP contribution >= 0.6 is 11.3 Å². The third-order valence-corrected chi connectivity index (χ3v) is 2.90. The van der Waals surface area contributed by atoms with Crippen LogP contribution in [0.4, 0.5) is 18.2 Å². The molecule has 0 aliphatic heterocycles. The lowest BCUT2D eigenvalue weighted by atomic mass is 10.1. The largest absolute Gasteiger partial charge is 0.391 e. The Labute approximate surface area is 82.0 Å². The molecule has 0 atom stereocenters. The molecule has 0 radical (unpaired) electrons. The van der Waals surface area contributed by atoms with Crippen LogP contribution in [0.15, 0.2) is 18.2 Å². The van der Waals surface area contributed by atoms with Crippen molar-refractivity contribution in [2.45, 2.75) is 6.43 Å². The Kier molecular flexibility index (Phi) is 2.11. The lowest BCUT2D eigenvalue weighted by molar-refractivity contribution is 0.153. The molecule has 2 aromatic rings. The van der Waals surface area contributed by atoms with Crippen molar-refractivity contribution in [3.63, 3.8) is 0 Å². The summed E-state index contributed by atoms with van der Waals surface area (Å²) in [5.74, 6) is -0.508. The van der Waals surface area contributed by atoms with E-state index in [1.54, 1.807) is 0 Å². The maximum atomic E-state index is 13.2. The minimum absolute atomic E-state index is 0.172. The number of benzene rings is 1. The van der Waals surface area contributed by atoms with E-state index in [1.807, 2.05) is 0 Å². The molecule has 2 rings (SSSR count). The average Bonchev–Trinajstić information content (AvgIpc) is 2.47. The van der Waals surface area contributed by atoms with Crippen LogP contribution in [0.5, 0.6) is 0 Å². The van der Waals surface area contributed by atoms with Gasteiger partial charge in [-0.2, -0.15) is 0 Å². The molecule has 1 nitrogen and oxygen atoms in total. The molecule has 14 heavy (non-hydrogen) atoms. The van der Waals surface area contributed by atoms with Crippen LogP contribution in [-0.4, -0.2) is 0 Å². The average molecular weight is 217 g/mol. The minimum Gasteiger partial charge on any atom is -0.391 e. The van der Waals surface area contributed by atoms with Crippen LogP contribution in [-0.2, 0) is 0 Å². The van der Waals surface area contributed by atoms with Crippen molar-refractivity contribution in [1.29, 1.82) is 0 Å². The molecule has 0 amide bonds. The molecule has 0 bridgehead atoms. The Morgan fingerprint density at radius 1 is 1.29 bits per heavy atom. The van der Waals surface area contributed by atoms with Gasteiger partial charge in [-0.25, -0.2) is 13.2 Å². The van der Waals surface area contributed by atoms with Crippen molar-refractivity contribution >= 4 is 26.4 Å². The van der Waals surface area contributed by atoms with Gasteiger partial charge in [0.2, 0.25) is 0 Å². The number of alkyl halides is 2. The number of anilines is 1. The first-order valence-electron chi connectivity index (χ1n) is 3.85. The summed E-state index contributed by atoms with van der Waals surface area (Å²) in [6, 6.07) is 3.51. The number of fused-ring (bicyclic) bond motifs is 1. The Morgan fingerprint density at radius 2 is 2.00 bits per heavy atom. The van der Waals surface area contributed by atoms with Crippen LogP contribution in [0.2, 0.25) is 0 Å². The second-order valence-corrected chi connectivity index (χ2v) is 3.91. The molecule has 5 heteroatoms. The normalized spacial score (nSPS) is 11.4. The smallest absolute Gasteiger partial charge is 0.264 e. The molecular weight excluding hydrogens is 211 g/mol. The number of nitrogen functional groups attached to an aromatic ring is 1. The van der Waals surface area contributed by atoms with Crippen molar-refractivity contribution in [2.24, 2.45) is 0 Å². The highest BCUT2D eigenvalue weighted by Crippen LogP contribution is 2.35. The molecule has 0 spiro atoms. The van der Waals surface area contributed by atoms with E-state index in [1.165, 1.54) is 6.07 Å². The third-order valence-electron chi connectivity index (χ3n) is 1.92. The SMILES string of the molecule is Nc1cc2c(C(F)F)ccc(F)c2s1. The van der Waals surface area contributed by atoms with Gasteiger partial charge < -0.3 is 5.73 Å². The van der Waals surface area contributed by atoms with Crippen molar-refractivity contribution in [3.05, 3.63) is 29.6 Å². The quantitative estimate of drug-likeness (QED) is 0.776. The van der Waals surface area contributed by atoms with E-state index in [0.717, 1.165) is 23.5 Å². The Morgan fingerprint density at radius 3 is 2.64 bits per heavy atom. The van der Waals surface area contributed by atoms with Gasteiger partial charge >= 0.3 is 0 Å². The molecule has 1 aromatic carbocycles. The highest BCUT2D eigenvalue weighted by molar-refractivity contribution is 7.22. The van der Waals surface area contributed by atoms with Gasteiger partial charge in [0.25, 0.3) is 6.43 Å². The van der Waals surface area contributed by atoms with Crippen LogP contribution < -0.4 is 5.73 Å². The van der Waals surface area contributed by atoms with Crippen molar-refractivity contribution < 1.29 is 13.2 Å². The molecule has 74 valence electrons. The van der Waals surface area contributed by atoms with Gasteiger partial charge in [-0.1, -0.05) is 0 Å². The molecule has 0 saturated heterocycles. The number of thiophene rings is 1. The number of hydrogen-bond donors (Lipinski definition) is 1. The first-order valence-corrected chi connectivity index (χ1v) is 4.67.